The third-order valence-electron chi connectivity index (χ3n) is 0. The van der Waals surface area contributed by atoms with Crippen molar-refractivity contribution in [2.45, 2.75) is 0 Å². The maximum absolute atomic E-state index is 8.46. The molecular formula is H4CuO4P2. The van der Waals surface area contributed by atoms with Crippen LogP contribution in [0.2, 0.25) is 0 Å². The summed E-state index contributed by atoms with van der Waals surface area (Å²) < 4.78 is 0. The van der Waals surface area contributed by atoms with Crippen LogP contribution in [0.3, 0.4) is 0 Å². The summed E-state index contributed by atoms with van der Waals surface area (Å²) >= 11 is 0. The first kappa shape index (κ1) is 15.7. The molecule has 0 aliphatic heterocycles. The van der Waals surface area contributed by atoms with Crippen LogP contribution in [0.25, 0.3) is 0 Å². The summed E-state index contributed by atoms with van der Waals surface area (Å²) in [6, 6.07) is 0. The van der Waals surface area contributed by atoms with E-state index in [1.54, 1.807) is 0 Å². The van der Waals surface area contributed by atoms with Crippen molar-refractivity contribution < 1.29 is 36.6 Å². The van der Waals surface area contributed by atoms with Gasteiger partial charge in [-0.1, -0.05) is 0 Å². The molecule has 7 heteroatoms. The second-order valence-electron chi connectivity index (χ2n) is 0.192. The standard InChI is InChI=1S/Cu.2H2O2P/c;2*1-3-2/h;2*3H2/q+2;2*-1. The predicted octanol–water partition coefficient (Wildman–Crippen LogP) is -4.11. The maximum Gasteiger partial charge on any atom is 2.00 e. The molecule has 0 N–H and O–H groups in total. The molecule has 0 aromatic rings. The summed E-state index contributed by atoms with van der Waals surface area (Å²) in [7, 11) is -3.50. The fourth-order valence-corrected chi connectivity index (χ4v) is 0. The Balaban J connectivity index is -0.0000000400. The van der Waals surface area contributed by atoms with Gasteiger partial charge in [-0.15, -0.1) is 18.1 Å². The van der Waals surface area contributed by atoms with Gasteiger partial charge in [0.1, 0.15) is 0 Å². The molecule has 0 aliphatic rings. The Labute approximate surface area is 55.3 Å². The third kappa shape index (κ3) is 132. The molecule has 0 saturated heterocycles. The first-order valence-corrected chi connectivity index (χ1v) is 2.83. The molecule has 0 aliphatic carbocycles. The Morgan fingerprint density at radius 2 is 0.714 bits per heavy atom. The number of rotatable bonds is 0. The average molecular weight is 194 g/mol. The Hall–Kier alpha value is 1.22. The topological polar surface area (TPSA) is 92.2 Å². The molecule has 0 atom stereocenters. The van der Waals surface area contributed by atoms with Crippen molar-refractivity contribution in [1.29, 1.82) is 0 Å². The molecule has 0 unspecified atom stereocenters. The molecule has 49 valence electrons. The molecule has 4 nitrogen and oxygen atoms in total. The van der Waals surface area contributed by atoms with Crippen LogP contribution in [0.4, 0.5) is 0 Å². The van der Waals surface area contributed by atoms with Gasteiger partial charge in [-0.25, -0.2) is 0 Å². The van der Waals surface area contributed by atoms with Gasteiger partial charge in [-0.05, 0) is 0 Å². The molecule has 0 bridgehead atoms. The summed E-state index contributed by atoms with van der Waals surface area (Å²) in [5.41, 5.74) is 0. The van der Waals surface area contributed by atoms with E-state index in [2.05, 4.69) is 0 Å². The fourth-order valence-electron chi connectivity index (χ4n) is 0. The third-order valence-corrected chi connectivity index (χ3v) is 0. The molecule has 0 heterocycles. The van der Waals surface area contributed by atoms with E-state index < -0.39 is 18.1 Å². The first-order valence-electron chi connectivity index (χ1n) is 0.943. The van der Waals surface area contributed by atoms with E-state index in [-0.39, 0.29) is 17.1 Å². The van der Waals surface area contributed by atoms with Gasteiger partial charge in [-0.3, -0.25) is 0 Å². The zero-order valence-corrected chi connectivity index (χ0v) is 6.34. The molecule has 0 saturated carbocycles. The van der Waals surface area contributed by atoms with Crippen LogP contribution in [-0.4, -0.2) is 0 Å². The zero-order chi connectivity index (χ0) is 5.41. The van der Waals surface area contributed by atoms with Gasteiger partial charge >= 0.3 is 17.1 Å². The summed E-state index contributed by atoms with van der Waals surface area (Å²) in [6.45, 7) is 0. The van der Waals surface area contributed by atoms with Crippen LogP contribution in [0, 0.1) is 0 Å². The van der Waals surface area contributed by atoms with Crippen LogP contribution >= 0.6 is 18.1 Å². The molecule has 0 rings (SSSR count). The SMILES string of the molecule is [Cu+2].[O-][PH2+][O-].[O-][PH2+][O-]. The predicted molar refractivity (Wildman–Crippen MR) is 19.4 cm³/mol. The Kier molecular flexibility index (Phi) is 60.5. The van der Waals surface area contributed by atoms with Gasteiger partial charge in [0.2, 0.25) is 0 Å². The largest absolute Gasteiger partial charge is 2.00 e. The van der Waals surface area contributed by atoms with E-state index in [1.165, 1.54) is 0 Å². The van der Waals surface area contributed by atoms with Crippen molar-refractivity contribution in [3.63, 3.8) is 0 Å². The van der Waals surface area contributed by atoms with Crippen molar-refractivity contribution in [3.8, 4) is 0 Å². The van der Waals surface area contributed by atoms with Crippen molar-refractivity contribution in [3.05, 3.63) is 0 Å². The van der Waals surface area contributed by atoms with Crippen LogP contribution in [-0.2, 0) is 17.1 Å². The van der Waals surface area contributed by atoms with E-state index in [1.807, 2.05) is 0 Å². The first-order chi connectivity index (χ1) is 2.83. The second kappa shape index (κ2) is 26.9. The molecule has 0 spiro atoms. The van der Waals surface area contributed by atoms with Gasteiger partial charge < -0.3 is 19.6 Å². The minimum atomic E-state index is -1.75. The Morgan fingerprint density at radius 3 is 0.714 bits per heavy atom. The number of hydrogen-bond donors (Lipinski definition) is 0. The molecule has 0 amide bonds. The van der Waals surface area contributed by atoms with E-state index in [4.69, 9.17) is 19.6 Å². The zero-order valence-electron chi connectivity index (χ0n) is 3.09. The molecule has 1 radical (unpaired) electrons. The Bertz CT molecular complexity index is 11.7. The minimum absolute atomic E-state index is 0. The number of hydrogen-bond acceptors (Lipinski definition) is 4. The van der Waals surface area contributed by atoms with Gasteiger partial charge in [0.15, 0.2) is 0 Å². The molecule has 7 heavy (non-hydrogen) atoms. The second-order valence-corrected chi connectivity index (χ2v) is 0.577. The van der Waals surface area contributed by atoms with Gasteiger partial charge in [0, 0.05) is 0 Å². The molecule has 0 fully saturated rings. The summed E-state index contributed by atoms with van der Waals surface area (Å²) in [5.74, 6) is 0. The van der Waals surface area contributed by atoms with Gasteiger partial charge in [0.25, 0.3) is 0 Å². The normalized spacial score (nSPS) is 5.14. The van der Waals surface area contributed by atoms with E-state index in [0.717, 1.165) is 0 Å². The van der Waals surface area contributed by atoms with Crippen molar-refractivity contribution >= 4 is 18.1 Å². The molecule has 0 aromatic heterocycles. The van der Waals surface area contributed by atoms with E-state index in [0.29, 0.717) is 0 Å². The van der Waals surface area contributed by atoms with Crippen molar-refractivity contribution in [2.75, 3.05) is 0 Å². The van der Waals surface area contributed by atoms with Crippen LogP contribution in [0.5, 0.6) is 0 Å². The van der Waals surface area contributed by atoms with Crippen LogP contribution < -0.4 is 19.6 Å². The summed E-state index contributed by atoms with van der Waals surface area (Å²) in [6.07, 6.45) is 0. The molecule has 0 aromatic carbocycles. The van der Waals surface area contributed by atoms with Crippen LogP contribution in [0.15, 0.2) is 0 Å². The fraction of sp³-hybridized carbons (Fsp3) is 0. The van der Waals surface area contributed by atoms with Crippen LogP contribution in [0.1, 0.15) is 0 Å². The summed E-state index contributed by atoms with van der Waals surface area (Å²) in [5, 5.41) is 0. The monoisotopic (exact) mass is 193 g/mol. The quantitative estimate of drug-likeness (QED) is 0.289. The van der Waals surface area contributed by atoms with Crippen molar-refractivity contribution in [1.82, 2.24) is 0 Å². The smallest absolute Gasteiger partial charge is 0.687 e. The maximum atomic E-state index is 8.46. The summed E-state index contributed by atoms with van der Waals surface area (Å²) in [4.78, 5) is 33.8. The van der Waals surface area contributed by atoms with E-state index >= 15 is 0 Å². The van der Waals surface area contributed by atoms with Crippen molar-refractivity contribution in [2.24, 2.45) is 0 Å². The Morgan fingerprint density at radius 1 is 0.714 bits per heavy atom. The average Bonchev–Trinajstić information content (AvgIpc) is 1.39. The van der Waals surface area contributed by atoms with Gasteiger partial charge in [0.05, 0.1) is 0 Å². The minimum Gasteiger partial charge on any atom is -0.687 e. The van der Waals surface area contributed by atoms with E-state index in [9.17, 15) is 0 Å². The van der Waals surface area contributed by atoms with Gasteiger partial charge in [-0.2, -0.15) is 0 Å². The molecular weight excluding hydrogens is 189 g/mol.